The molecule has 0 saturated carbocycles. The Morgan fingerprint density at radius 1 is 1.57 bits per heavy atom. The van der Waals surface area contributed by atoms with Gasteiger partial charge in [-0.1, -0.05) is 23.8 Å². The minimum atomic E-state index is -0.450. The van der Waals surface area contributed by atoms with Gasteiger partial charge in [0.05, 0.1) is 4.92 Å². The van der Waals surface area contributed by atoms with Gasteiger partial charge in [-0.25, -0.2) is 0 Å². The second kappa shape index (κ2) is 5.02. The SMILES string of the molecule is O=[N+]([O-])c1ccc(Cl)c(C=CCS)c1. The maximum atomic E-state index is 10.5. The van der Waals surface area contributed by atoms with Crippen LogP contribution in [0.25, 0.3) is 6.08 Å². The smallest absolute Gasteiger partial charge is 0.258 e. The van der Waals surface area contributed by atoms with Crippen LogP contribution in [0, 0.1) is 10.1 Å². The van der Waals surface area contributed by atoms with Crippen molar-refractivity contribution in [3.63, 3.8) is 0 Å². The van der Waals surface area contributed by atoms with E-state index in [0.29, 0.717) is 16.3 Å². The van der Waals surface area contributed by atoms with Gasteiger partial charge in [-0.15, -0.1) is 0 Å². The van der Waals surface area contributed by atoms with E-state index in [4.69, 9.17) is 11.6 Å². The van der Waals surface area contributed by atoms with Crippen LogP contribution in [0.4, 0.5) is 5.69 Å². The summed E-state index contributed by atoms with van der Waals surface area (Å²) in [5, 5.41) is 11.0. The van der Waals surface area contributed by atoms with Gasteiger partial charge in [-0.05, 0) is 11.6 Å². The summed E-state index contributed by atoms with van der Waals surface area (Å²) in [5.41, 5.74) is 0.670. The van der Waals surface area contributed by atoms with Crippen LogP contribution in [-0.2, 0) is 0 Å². The molecule has 0 N–H and O–H groups in total. The molecule has 0 saturated heterocycles. The Hall–Kier alpha value is -1.00. The van der Waals surface area contributed by atoms with Gasteiger partial charge in [0.2, 0.25) is 0 Å². The summed E-state index contributed by atoms with van der Waals surface area (Å²) in [5.74, 6) is 0.568. The van der Waals surface area contributed by atoms with Crippen molar-refractivity contribution in [3.8, 4) is 0 Å². The third-order valence-electron chi connectivity index (χ3n) is 1.59. The highest BCUT2D eigenvalue weighted by molar-refractivity contribution is 7.80. The fourth-order valence-corrected chi connectivity index (χ4v) is 1.24. The van der Waals surface area contributed by atoms with Crippen molar-refractivity contribution in [1.82, 2.24) is 0 Å². The quantitative estimate of drug-likeness (QED) is 0.491. The highest BCUT2D eigenvalue weighted by Crippen LogP contribution is 2.23. The zero-order valence-electron chi connectivity index (χ0n) is 7.18. The monoisotopic (exact) mass is 229 g/mol. The Balaban J connectivity index is 3.08. The minimum absolute atomic E-state index is 0.0354. The van der Waals surface area contributed by atoms with Crippen molar-refractivity contribution in [2.24, 2.45) is 0 Å². The highest BCUT2D eigenvalue weighted by Gasteiger charge is 2.07. The lowest BCUT2D eigenvalue weighted by Crippen LogP contribution is -1.88. The molecule has 0 spiro atoms. The number of nitro groups is 1. The molecule has 0 atom stereocenters. The molecule has 1 rings (SSSR count). The number of rotatable bonds is 3. The van der Waals surface area contributed by atoms with Gasteiger partial charge in [0.15, 0.2) is 0 Å². The van der Waals surface area contributed by atoms with Crippen molar-refractivity contribution in [2.45, 2.75) is 0 Å². The van der Waals surface area contributed by atoms with Crippen LogP contribution in [0.15, 0.2) is 24.3 Å². The first-order chi connectivity index (χ1) is 6.65. The van der Waals surface area contributed by atoms with Crippen LogP contribution in [-0.4, -0.2) is 10.7 Å². The second-order valence-electron chi connectivity index (χ2n) is 2.55. The molecule has 1 aromatic rings. The minimum Gasteiger partial charge on any atom is -0.258 e. The summed E-state index contributed by atoms with van der Waals surface area (Å²) in [6.45, 7) is 0. The van der Waals surface area contributed by atoms with Crippen LogP contribution in [0.3, 0.4) is 0 Å². The second-order valence-corrected chi connectivity index (χ2v) is 3.32. The lowest BCUT2D eigenvalue weighted by atomic mass is 10.2. The highest BCUT2D eigenvalue weighted by atomic mass is 35.5. The number of halogens is 1. The molecule has 3 nitrogen and oxygen atoms in total. The third-order valence-corrected chi connectivity index (χ3v) is 2.15. The summed E-state index contributed by atoms with van der Waals surface area (Å²) in [6, 6.07) is 4.32. The summed E-state index contributed by atoms with van der Waals surface area (Å²) < 4.78 is 0. The first-order valence-electron chi connectivity index (χ1n) is 3.86. The number of non-ortho nitro benzene ring substituents is 1. The van der Waals surface area contributed by atoms with Crippen molar-refractivity contribution in [3.05, 3.63) is 45.0 Å². The topological polar surface area (TPSA) is 43.1 Å². The molecule has 5 heteroatoms. The fourth-order valence-electron chi connectivity index (χ4n) is 0.952. The summed E-state index contributed by atoms with van der Waals surface area (Å²) in [6.07, 6.45) is 3.48. The Kier molecular flexibility index (Phi) is 3.98. The zero-order valence-corrected chi connectivity index (χ0v) is 8.83. The molecule has 0 aliphatic rings. The molecule has 74 valence electrons. The van der Waals surface area contributed by atoms with Gasteiger partial charge in [-0.3, -0.25) is 10.1 Å². The molecular formula is C9H8ClNO2S. The molecule has 0 heterocycles. The van der Waals surface area contributed by atoms with E-state index in [9.17, 15) is 10.1 Å². The van der Waals surface area contributed by atoms with E-state index < -0.39 is 4.92 Å². The Bertz CT molecular complexity index is 379. The number of hydrogen-bond acceptors (Lipinski definition) is 3. The lowest BCUT2D eigenvalue weighted by molar-refractivity contribution is -0.384. The third kappa shape index (κ3) is 2.75. The van der Waals surface area contributed by atoms with Gasteiger partial charge in [0.1, 0.15) is 0 Å². The van der Waals surface area contributed by atoms with E-state index in [2.05, 4.69) is 12.6 Å². The standard InChI is InChI=1S/C9H8ClNO2S/c10-9-4-3-8(11(12)13)6-7(9)2-1-5-14/h1-4,6,14H,5H2. The van der Waals surface area contributed by atoms with Crippen molar-refractivity contribution >= 4 is 36.0 Å². The number of hydrogen-bond donors (Lipinski definition) is 1. The molecule has 1 aromatic carbocycles. The van der Waals surface area contributed by atoms with E-state index in [1.807, 2.05) is 0 Å². The van der Waals surface area contributed by atoms with Gasteiger partial charge >= 0.3 is 0 Å². The van der Waals surface area contributed by atoms with Crippen LogP contribution in [0.1, 0.15) is 5.56 Å². The van der Waals surface area contributed by atoms with Gasteiger partial charge in [-0.2, -0.15) is 12.6 Å². The first-order valence-corrected chi connectivity index (χ1v) is 4.87. The van der Waals surface area contributed by atoms with Crippen LogP contribution in [0.5, 0.6) is 0 Å². The molecule has 0 aliphatic carbocycles. The van der Waals surface area contributed by atoms with Crippen molar-refractivity contribution in [2.75, 3.05) is 5.75 Å². The molecule has 0 bridgehead atoms. The number of nitrogens with zero attached hydrogens (tertiary/aromatic N) is 1. The molecule has 0 unspecified atom stereocenters. The van der Waals surface area contributed by atoms with Crippen LogP contribution in [0.2, 0.25) is 5.02 Å². The van der Waals surface area contributed by atoms with E-state index >= 15 is 0 Å². The van der Waals surface area contributed by atoms with E-state index in [0.717, 1.165) is 0 Å². The molecule has 0 radical (unpaired) electrons. The molecular weight excluding hydrogens is 222 g/mol. The number of thiol groups is 1. The average molecular weight is 230 g/mol. The van der Waals surface area contributed by atoms with Crippen molar-refractivity contribution < 1.29 is 4.92 Å². The summed E-state index contributed by atoms with van der Waals surface area (Å²) >= 11 is 9.83. The number of nitro benzene ring substituents is 1. The predicted octanol–water partition coefficient (Wildman–Crippen LogP) is 3.19. The molecule has 0 aliphatic heterocycles. The Labute approximate surface area is 91.9 Å². The Morgan fingerprint density at radius 3 is 2.86 bits per heavy atom. The largest absolute Gasteiger partial charge is 0.270 e. The zero-order chi connectivity index (χ0) is 10.6. The van der Waals surface area contributed by atoms with Gasteiger partial charge in [0, 0.05) is 22.9 Å². The van der Waals surface area contributed by atoms with Crippen LogP contribution < -0.4 is 0 Å². The maximum Gasteiger partial charge on any atom is 0.270 e. The van der Waals surface area contributed by atoms with E-state index in [1.54, 1.807) is 12.2 Å². The summed E-state index contributed by atoms with van der Waals surface area (Å²) in [7, 11) is 0. The van der Waals surface area contributed by atoms with Gasteiger partial charge in [0.25, 0.3) is 5.69 Å². The summed E-state index contributed by atoms with van der Waals surface area (Å²) in [4.78, 5) is 10.0. The predicted molar refractivity (Wildman–Crippen MR) is 61.0 cm³/mol. The molecule has 14 heavy (non-hydrogen) atoms. The van der Waals surface area contributed by atoms with Gasteiger partial charge < -0.3 is 0 Å². The maximum absolute atomic E-state index is 10.5. The lowest BCUT2D eigenvalue weighted by Gasteiger charge is -1.97. The molecule has 0 aromatic heterocycles. The molecule has 0 fully saturated rings. The fraction of sp³-hybridized carbons (Fsp3) is 0.111. The normalized spacial score (nSPS) is 10.7. The van der Waals surface area contributed by atoms with Crippen LogP contribution >= 0.6 is 24.2 Å². The van der Waals surface area contributed by atoms with Crippen molar-refractivity contribution in [1.29, 1.82) is 0 Å². The number of benzene rings is 1. The van der Waals surface area contributed by atoms with E-state index in [1.165, 1.54) is 18.2 Å². The Morgan fingerprint density at radius 2 is 2.29 bits per heavy atom. The molecule has 0 amide bonds. The average Bonchev–Trinajstić information content (AvgIpc) is 2.16. The van der Waals surface area contributed by atoms with E-state index in [-0.39, 0.29) is 5.69 Å². The first kappa shape index (κ1) is 11.1.